The van der Waals surface area contributed by atoms with Gasteiger partial charge in [-0.1, -0.05) is 0 Å². The highest BCUT2D eigenvalue weighted by atomic mass is 32.2. The normalized spacial score (nSPS) is 23.4. The molecule has 1 aromatic rings. The minimum absolute atomic E-state index is 0.329. The molecule has 0 spiro atoms. The van der Waals surface area contributed by atoms with Crippen LogP contribution in [0.4, 0.5) is 0 Å². The van der Waals surface area contributed by atoms with Crippen molar-refractivity contribution in [2.45, 2.75) is 25.3 Å². The molecule has 0 aliphatic carbocycles. The van der Waals surface area contributed by atoms with Crippen molar-refractivity contribution in [2.24, 2.45) is 5.92 Å². The monoisotopic (exact) mass is 302 g/mol. The third-order valence-corrected chi connectivity index (χ3v) is 5.78. The average Bonchev–Trinajstić information content (AvgIpc) is 2.89. The van der Waals surface area contributed by atoms with Gasteiger partial charge in [0.25, 0.3) is 0 Å². The van der Waals surface area contributed by atoms with Crippen LogP contribution in [-0.2, 0) is 10.0 Å². The Balaban J connectivity index is 1.98. The second kappa shape index (κ2) is 6.35. The number of nitrogens with one attached hydrogen (secondary N) is 1. The molecule has 0 radical (unpaired) electrons. The number of rotatable bonds is 5. The predicted molar refractivity (Wildman–Crippen MR) is 79.9 cm³/mol. The highest BCUT2D eigenvalue weighted by molar-refractivity contribution is 7.88. The Hall–Kier alpha value is -0.430. The maximum atomic E-state index is 11.6. The topological polar surface area (TPSA) is 49.4 Å². The van der Waals surface area contributed by atoms with Crippen LogP contribution in [0, 0.1) is 5.92 Å². The molecule has 2 heterocycles. The Labute approximate surface area is 119 Å². The Bertz CT molecular complexity index is 485. The molecule has 1 N–H and O–H groups in total. The van der Waals surface area contributed by atoms with Gasteiger partial charge in [0.2, 0.25) is 10.0 Å². The van der Waals surface area contributed by atoms with Gasteiger partial charge in [-0.25, -0.2) is 12.7 Å². The van der Waals surface area contributed by atoms with Crippen LogP contribution >= 0.6 is 11.3 Å². The van der Waals surface area contributed by atoms with Gasteiger partial charge < -0.3 is 5.32 Å². The van der Waals surface area contributed by atoms with Crippen molar-refractivity contribution in [2.75, 3.05) is 26.4 Å². The molecule has 0 bridgehead atoms. The van der Waals surface area contributed by atoms with Gasteiger partial charge in [0.15, 0.2) is 0 Å². The summed E-state index contributed by atoms with van der Waals surface area (Å²) in [5, 5.41) is 7.60. The lowest BCUT2D eigenvalue weighted by Gasteiger charge is -2.32. The van der Waals surface area contributed by atoms with Crippen LogP contribution in [0.5, 0.6) is 0 Å². The lowest BCUT2D eigenvalue weighted by molar-refractivity contribution is 0.241. The van der Waals surface area contributed by atoms with Crippen LogP contribution in [0.3, 0.4) is 0 Å². The third kappa shape index (κ3) is 4.02. The summed E-state index contributed by atoms with van der Waals surface area (Å²) in [5.41, 5.74) is 1.31. The SMILES string of the molecule is CNC(CC1CCCN(S(C)(=O)=O)C1)c1ccsc1. The van der Waals surface area contributed by atoms with Crippen LogP contribution in [0.15, 0.2) is 16.8 Å². The number of thiophene rings is 1. The fraction of sp³-hybridized carbons (Fsp3) is 0.692. The van der Waals surface area contributed by atoms with Gasteiger partial charge in [0, 0.05) is 19.1 Å². The van der Waals surface area contributed by atoms with E-state index in [0.717, 1.165) is 19.3 Å². The molecular formula is C13H22N2O2S2. The quantitative estimate of drug-likeness (QED) is 0.906. The van der Waals surface area contributed by atoms with Crippen LogP contribution in [-0.4, -0.2) is 39.1 Å². The van der Waals surface area contributed by atoms with Gasteiger partial charge in [0.1, 0.15) is 0 Å². The second-order valence-corrected chi connectivity index (χ2v) is 8.03. The summed E-state index contributed by atoms with van der Waals surface area (Å²) in [7, 11) is -1.07. The van der Waals surface area contributed by atoms with Gasteiger partial charge in [-0.3, -0.25) is 0 Å². The number of hydrogen-bond acceptors (Lipinski definition) is 4. The zero-order valence-corrected chi connectivity index (χ0v) is 13.1. The van der Waals surface area contributed by atoms with Crippen LogP contribution < -0.4 is 5.32 Å². The summed E-state index contributed by atoms with van der Waals surface area (Å²) in [5.74, 6) is 0.445. The van der Waals surface area contributed by atoms with Gasteiger partial charge in [0.05, 0.1) is 6.26 Å². The number of sulfonamides is 1. The Morgan fingerprint density at radius 3 is 2.95 bits per heavy atom. The zero-order valence-electron chi connectivity index (χ0n) is 11.5. The van der Waals surface area contributed by atoms with Crippen molar-refractivity contribution < 1.29 is 8.42 Å². The van der Waals surface area contributed by atoms with E-state index in [2.05, 4.69) is 22.1 Å². The van der Waals surface area contributed by atoms with E-state index in [4.69, 9.17) is 0 Å². The minimum atomic E-state index is -3.04. The molecule has 2 atom stereocenters. The fourth-order valence-corrected chi connectivity index (χ4v) is 4.40. The Kier molecular flexibility index (Phi) is 5.00. The van der Waals surface area contributed by atoms with Crippen LogP contribution in [0.1, 0.15) is 30.9 Å². The molecule has 1 fully saturated rings. The first-order valence-corrected chi connectivity index (χ1v) is 9.44. The van der Waals surface area contributed by atoms with Crippen molar-refractivity contribution in [1.29, 1.82) is 0 Å². The van der Waals surface area contributed by atoms with E-state index in [9.17, 15) is 8.42 Å². The molecule has 1 aliphatic heterocycles. The first kappa shape index (κ1) is 15.0. The predicted octanol–water partition coefficient (Wildman–Crippen LogP) is 2.07. The molecular weight excluding hydrogens is 280 g/mol. The third-order valence-electron chi connectivity index (χ3n) is 3.81. The van der Waals surface area contributed by atoms with Gasteiger partial charge in [-0.15, -0.1) is 0 Å². The van der Waals surface area contributed by atoms with Gasteiger partial charge >= 0.3 is 0 Å². The maximum absolute atomic E-state index is 11.6. The number of hydrogen-bond donors (Lipinski definition) is 1. The Morgan fingerprint density at radius 1 is 1.58 bits per heavy atom. The lowest BCUT2D eigenvalue weighted by atomic mass is 9.90. The van der Waals surface area contributed by atoms with Crippen LogP contribution in [0.25, 0.3) is 0 Å². The van der Waals surface area contributed by atoms with Crippen molar-refractivity contribution in [3.63, 3.8) is 0 Å². The molecule has 6 heteroatoms. The molecule has 2 rings (SSSR count). The fourth-order valence-electron chi connectivity index (χ4n) is 2.75. The smallest absolute Gasteiger partial charge is 0.211 e. The summed E-state index contributed by atoms with van der Waals surface area (Å²) in [4.78, 5) is 0. The molecule has 0 aromatic carbocycles. The van der Waals surface area contributed by atoms with E-state index >= 15 is 0 Å². The van der Waals surface area contributed by atoms with E-state index in [0.29, 0.717) is 25.0 Å². The molecule has 1 saturated heterocycles. The maximum Gasteiger partial charge on any atom is 0.211 e. The molecule has 1 aliphatic rings. The molecule has 2 unspecified atom stereocenters. The first-order valence-electron chi connectivity index (χ1n) is 6.65. The largest absolute Gasteiger partial charge is 0.313 e. The van der Waals surface area contributed by atoms with Crippen molar-refractivity contribution >= 4 is 21.4 Å². The molecule has 19 heavy (non-hydrogen) atoms. The summed E-state index contributed by atoms with van der Waals surface area (Å²) < 4.78 is 24.9. The van der Waals surface area contributed by atoms with Gasteiger partial charge in [-0.2, -0.15) is 11.3 Å². The minimum Gasteiger partial charge on any atom is -0.313 e. The first-order chi connectivity index (χ1) is 9.00. The molecule has 0 amide bonds. The molecule has 0 saturated carbocycles. The summed E-state index contributed by atoms with van der Waals surface area (Å²) >= 11 is 1.70. The molecule has 4 nitrogen and oxygen atoms in total. The van der Waals surface area contributed by atoms with E-state index in [1.54, 1.807) is 15.6 Å². The number of piperidine rings is 1. The molecule has 1 aromatic heterocycles. The standard InChI is InChI=1S/C13H22N2O2S2/c1-14-13(12-5-7-18-10-12)8-11-4-3-6-15(9-11)19(2,16)17/h5,7,10-11,13-14H,3-4,6,8-9H2,1-2H3. The average molecular weight is 302 g/mol. The lowest BCUT2D eigenvalue weighted by Crippen LogP contribution is -2.40. The highest BCUT2D eigenvalue weighted by Gasteiger charge is 2.27. The summed E-state index contributed by atoms with van der Waals surface area (Å²) in [6.45, 7) is 1.35. The van der Waals surface area contributed by atoms with Crippen LogP contribution in [0.2, 0.25) is 0 Å². The summed E-state index contributed by atoms with van der Waals surface area (Å²) in [6.07, 6.45) is 4.40. The van der Waals surface area contributed by atoms with E-state index in [1.807, 2.05) is 7.05 Å². The Morgan fingerprint density at radius 2 is 2.37 bits per heavy atom. The zero-order chi connectivity index (χ0) is 13.9. The van der Waals surface area contributed by atoms with E-state index < -0.39 is 10.0 Å². The van der Waals surface area contributed by atoms with E-state index in [-0.39, 0.29) is 0 Å². The number of nitrogens with zero attached hydrogens (tertiary/aromatic N) is 1. The highest BCUT2D eigenvalue weighted by Crippen LogP contribution is 2.29. The molecule has 108 valence electrons. The van der Waals surface area contributed by atoms with Crippen molar-refractivity contribution in [1.82, 2.24) is 9.62 Å². The van der Waals surface area contributed by atoms with Crippen molar-refractivity contribution in [3.8, 4) is 0 Å². The van der Waals surface area contributed by atoms with Crippen molar-refractivity contribution in [3.05, 3.63) is 22.4 Å². The summed E-state index contributed by atoms with van der Waals surface area (Å²) in [6, 6.07) is 2.47. The van der Waals surface area contributed by atoms with E-state index in [1.165, 1.54) is 11.8 Å². The van der Waals surface area contributed by atoms with Gasteiger partial charge in [-0.05, 0) is 54.6 Å². The second-order valence-electron chi connectivity index (χ2n) is 5.26.